The minimum atomic E-state index is -0.641. The van der Waals surface area contributed by atoms with Gasteiger partial charge in [0.15, 0.2) is 0 Å². The molecule has 0 aliphatic heterocycles. The second-order valence-electron chi connectivity index (χ2n) is 4.61. The van der Waals surface area contributed by atoms with Crippen LogP contribution in [0, 0.1) is 11.3 Å². The third kappa shape index (κ3) is 4.57. The number of nitrogens with zero attached hydrogens (tertiary/aromatic N) is 1. The fourth-order valence-corrected chi connectivity index (χ4v) is 2.61. The summed E-state index contributed by atoms with van der Waals surface area (Å²) in [7, 11) is 0. The van der Waals surface area contributed by atoms with E-state index in [1.165, 1.54) is 11.8 Å². The Kier molecular flexibility index (Phi) is 5.79. The summed E-state index contributed by atoms with van der Waals surface area (Å²) in [6, 6.07) is 2.26. The molecule has 0 aromatic heterocycles. The molecular formula is C12H20N2O2S. The Morgan fingerprint density at radius 2 is 2.18 bits per heavy atom. The molecule has 2 N–H and O–H groups in total. The Morgan fingerprint density at radius 1 is 1.53 bits per heavy atom. The lowest BCUT2D eigenvalue weighted by molar-refractivity contribution is -0.120. The maximum atomic E-state index is 11.7. The van der Waals surface area contributed by atoms with Crippen molar-refractivity contribution in [3.8, 4) is 6.07 Å². The number of rotatable bonds is 5. The zero-order valence-corrected chi connectivity index (χ0v) is 11.1. The van der Waals surface area contributed by atoms with Crippen molar-refractivity contribution in [1.29, 1.82) is 5.26 Å². The lowest BCUT2D eigenvalue weighted by Crippen LogP contribution is -2.49. The van der Waals surface area contributed by atoms with Crippen LogP contribution in [0.3, 0.4) is 0 Å². The van der Waals surface area contributed by atoms with E-state index in [0.717, 1.165) is 32.1 Å². The van der Waals surface area contributed by atoms with Crippen molar-refractivity contribution in [2.24, 2.45) is 0 Å². The predicted octanol–water partition coefficient (Wildman–Crippen LogP) is 1.44. The van der Waals surface area contributed by atoms with E-state index in [2.05, 4.69) is 11.4 Å². The summed E-state index contributed by atoms with van der Waals surface area (Å²) in [5.41, 5.74) is -0.641. The lowest BCUT2D eigenvalue weighted by atomic mass is 9.83. The van der Waals surface area contributed by atoms with E-state index in [0.29, 0.717) is 5.75 Å². The van der Waals surface area contributed by atoms with Crippen LogP contribution in [-0.2, 0) is 4.79 Å². The van der Waals surface area contributed by atoms with Crippen molar-refractivity contribution in [2.45, 2.75) is 49.8 Å². The van der Waals surface area contributed by atoms with Crippen LogP contribution in [0.5, 0.6) is 0 Å². The normalized spacial score (nSPS) is 20.3. The summed E-state index contributed by atoms with van der Waals surface area (Å²) >= 11 is 1.41. The van der Waals surface area contributed by atoms with Gasteiger partial charge in [-0.3, -0.25) is 4.79 Å². The Morgan fingerprint density at radius 3 is 2.71 bits per heavy atom. The largest absolute Gasteiger partial charge is 0.395 e. The van der Waals surface area contributed by atoms with Gasteiger partial charge in [-0.2, -0.15) is 5.26 Å². The molecule has 5 heteroatoms. The van der Waals surface area contributed by atoms with E-state index in [9.17, 15) is 10.1 Å². The molecule has 0 aromatic rings. The van der Waals surface area contributed by atoms with Crippen molar-refractivity contribution < 1.29 is 9.90 Å². The van der Waals surface area contributed by atoms with Gasteiger partial charge in [0.05, 0.1) is 18.4 Å². The number of carbonyl (C=O) groups is 1. The molecule has 1 unspecified atom stereocenters. The van der Waals surface area contributed by atoms with Crippen molar-refractivity contribution >= 4 is 17.7 Å². The highest BCUT2D eigenvalue weighted by molar-refractivity contribution is 8.00. The van der Waals surface area contributed by atoms with Crippen LogP contribution in [0.4, 0.5) is 0 Å². The van der Waals surface area contributed by atoms with Crippen molar-refractivity contribution in [2.75, 3.05) is 12.4 Å². The van der Waals surface area contributed by atoms with Crippen LogP contribution in [0.2, 0.25) is 0 Å². The number of nitrogens with one attached hydrogen (secondary N) is 1. The van der Waals surface area contributed by atoms with Gasteiger partial charge in [-0.25, -0.2) is 0 Å². The first-order valence-electron chi connectivity index (χ1n) is 6.06. The van der Waals surface area contributed by atoms with Gasteiger partial charge in [-0.1, -0.05) is 26.2 Å². The van der Waals surface area contributed by atoms with E-state index in [1.54, 1.807) is 0 Å². The maximum Gasteiger partial charge on any atom is 0.231 e. The highest BCUT2D eigenvalue weighted by Gasteiger charge is 2.33. The number of thioether (sulfide) groups is 1. The van der Waals surface area contributed by atoms with E-state index < -0.39 is 5.54 Å². The molecule has 0 heterocycles. The molecule has 0 bridgehead atoms. The molecular weight excluding hydrogens is 236 g/mol. The van der Waals surface area contributed by atoms with E-state index in [1.807, 2.05) is 6.92 Å². The highest BCUT2D eigenvalue weighted by atomic mass is 32.2. The molecule has 0 radical (unpaired) electrons. The quantitative estimate of drug-likeness (QED) is 0.780. The van der Waals surface area contributed by atoms with Gasteiger partial charge in [0.1, 0.15) is 5.54 Å². The molecule has 1 aliphatic carbocycles. The van der Waals surface area contributed by atoms with Gasteiger partial charge in [0.25, 0.3) is 0 Å². The molecule has 1 fully saturated rings. The fourth-order valence-electron chi connectivity index (χ4n) is 1.99. The van der Waals surface area contributed by atoms with Gasteiger partial charge in [-0.15, -0.1) is 11.8 Å². The molecule has 1 atom stereocenters. The molecule has 0 spiro atoms. The first-order chi connectivity index (χ1) is 8.12. The summed E-state index contributed by atoms with van der Waals surface area (Å²) in [6.07, 6.45) is 4.68. The number of carbonyl (C=O) groups excluding carboxylic acids is 1. The maximum absolute atomic E-state index is 11.7. The van der Waals surface area contributed by atoms with Crippen LogP contribution < -0.4 is 5.32 Å². The number of aliphatic hydroxyl groups is 1. The first-order valence-corrected chi connectivity index (χ1v) is 7.11. The fraction of sp³-hybridized carbons (Fsp3) is 0.833. The van der Waals surface area contributed by atoms with E-state index in [-0.39, 0.29) is 17.8 Å². The highest BCUT2D eigenvalue weighted by Crippen LogP contribution is 2.27. The summed E-state index contributed by atoms with van der Waals surface area (Å²) < 4.78 is 0. The smallest absolute Gasteiger partial charge is 0.231 e. The summed E-state index contributed by atoms with van der Waals surface area (Å²) in [5.74, 6) is 0.212. The standard InChI is InChI=1S/C12H20N2O2S/c1-10(7-15)17-8-11(16)14-12(9-13)5-3-2-4-6-12/h10,15H,2-8H2,1H3,(H,14,16). The average molecular weight is 256 g/mol. The number of amides is 1. The Hall–Kier alpha value is -0.730. The average Bonchev–Trinajstić information content (AvgIpc) is 2.37. The number of hydrogen-bond donors (Lipinski definition) is 2. The molecule has 0 saturated heterocycles. The molecule has 96 valence electrons. The van der Waals surface area contributed by atoms with Gasteiger partial charge in [0.2, 0.25) is 5.91 Å². The third-order valence-corrected chi connectivity index (χ3v) is 4.20. The molecule has 17 heavy (non-hydrogen) atoms. The molecule has 1 saturated carbocycles. The Bertz CT molecular complexity index is 295. The molecule has 1 rings (SSSR count). The minimum Gasteiger partial charge on any atom is -0.395 e. The monoisotopic (exact) mass is 256 g/mol. The zero-order chi connectivity index (χ0) is 12.7. The Balaban J connectivity index is 2.40. The van der Waals surface area contributed by atoms with Crippen LogP contribution in [0.1, 0.15) is 39.0 Å². The number of hydrogen-bond acceptors (Lipinski definition) is 4. The minimum absolute atomic E-state index is 0.0603. The number of nitriles is 1. The summed E-state index contributed by atoms with van der Waals surface area (Å²) in [6.45, 7) is 1.94. The number of aliphatic hydroxyl groups excluding tert-OH is 1. The zero-order valence-electron chi connectivity index (χ0n) is 10.2. The third-order valence-electron chi connectivity index (χ3n) is 3.06. The predicted molar refractivity (Wildman–Crippen MR) is 68.6 cm³/mol. The summed E-state index contributed by atoms with van der Waals surface area (Å²) in [5, 5.41) is 21.0. The first kappa shape index (κ1) is 14.3. The summed E-state index contributed by atoms with van der Waals surface area (Å²) in [4.78, 5) is 11.7. The topological polar surface area (TPSA) is 73.1 Å². The van der Waals surface area contributed by atoms with E-state index >= 15 is 0 Å². The molecule has 1 amide bonds. The van der Waals surface area contributed by atoms with Gasteiger partial charge in [-0.05, 0) is 12.8 Å². The van der Waals surface area contributed by atoms with Crippen LogP contribution in [0.25, 0.3) is 0 Å². The second kappa shape index (κ2) is 6.87. The SMILES string of the molecule is CC(CO)SCC(=O)NC1(C#N)CCCCC1. The van der Waals surface area contributed by atoms with Crippen LogP contribution in [0.15, 0.2) is 0 Å². The molecule has 4 nitrogen and oxygen atoms in total. The molecule has 1 aliphatic rings. The lowest BCUT2D eigenvalue weighted by Gasteiger charge is -2.31. The second-order valence-corrected chi connectivity index (χ2v) is 6.03. The van der Waals surface area contributed by atoms with Gasteiger partial charge in [0, 0.05) is 5.25 Å². The van der Waals surface area contributed by atoms with Crippen molar-refractivity contribution in [1.82, 2.24) is 5.32 Å². The van der Waals surface area contributed by atoms with Crippen LogP contribution in [-0.4, -0.2) is 34.2 Å². The van der Waals surface area contributed by atoms with Crippen LogP contribution >= 0.6 is 11.8 Å². The van der Waals surface area contributed by atoms with Gasteiger partial charge < -0.3 is 10.4 Å². The van der Waals surface area contributed by atoms with Gasteiger partial charge >= 0.3 is 0 Å². The Labute approximate surface area is 107 Å². The molecule has 0 aromatic carbocycles. The van der Waals surface area contributed by atoms with Crippen molar-refractivity contribution in [3.05, 3.63) is 0 Å². The van der Waals surface area contributed by atoms with E-state index in [4.69, 9.17) is 5.11 Å². The van der Waals surface area contributed by atoms with Crippen molar-refractivity contribution in [3.63, 3.8) is 0 Å².